The van der Waals surface area contributed by atoms with Crippen molar-refractivity contribution in [3.8, 4) is 0 Å². The van der Waals surface area contributed by atoms with Gasteiger partial charge in [0.1, 0.15) is 12.3 Å². The second-order valence-corrected chi connectivity index (χ2v) is 4.27. The second kappa shape index (κ2) is 7.04. The summed E-state index contributed by atoms with van der Waals surface area (Å²) in [7, 11) is 0. The lowest BCUT2D eigenvalue weighted by Gasteiger charge is -2.07. The summed E-state index contributed by atoms with van der Waals surface area (Å²) < 4.78 is 5.05. The summed E-state index contributed by atoms with van der Waals surface area (Å²) in [5, 5.41) is 11.4. The Kier molecular flexibility index (Phi) is 4.87. The molecule has 0 spiro atoms. The van der Waals surface area contributed by atoms with Gasteiger partial charge in [-0.05, 0) is 23.3 Å². The molecule has 0 saturated heterocycles. The number of carbonyl (C=O) groups excluding carboxylic acids is 1. The first kappa shape index (κ1) is 14.5. The van der Waals surface area contributed by atoms with Crippen LogP contribution in [-0.2, 0) is 17.9 Å². The highest BCUT2D eigenvalue weighted by molar-refractivity contribution is 5.85. The van der Waals surface area contributed by atoms with Crippen molar-refractivity contribution in [2.24, 2.45) is 0 Å². The highest BCUT2D eigenvalue weighted by Gasteiger charge is 2.07. The Morgan fingerprint density at radius 1 is 1.14 bits per heavy atom. The minimum Gasteiger partial charge on any atom is -0.477 e. The summed E-state index contributed by atoms with van der Waals surface area (Å²) in [6, 6.07) is 12.4. The summed E-state index contributed by atoms with van der Waals surface area (Å²) in [5.41, 5.74) is 1.47. The number of pyridine rings is 1. The van der Waals surface area contributed by atoms with Gasteiger partial charge in [-0.2, -0.15) is 0 Å². The molecule has 1 aromatic carbocycles. The Hall–Kier alpha value is -2.89. The molecule has 2 rings (SSSR count). The molecule has 0 aliphatic heterocycles. The Morgan fingerprint density at radius 3 is 2.62 bits per heavy atom. The summed E-state index contributed by atoms with van der Waals surface area (Å²) in [6.07, 6.45) is 0.822. The Bertz CT molecular complexity index is 629. The lowest BCUT2D eigenvalue weighted by Crippen LogP contribution is -2.23. The maximum Gasteiger partial charge on any atom is 0.407 e. The van der Waals surface area contributed by atoms with Crippen LogP contribution in [0, 0.1) is 0 Å². The van der Waals surface area contributed by atoms with Gasteiger partial charge in [-0.25, -0.2) is 14.6 Å². The van der Waals surface area contributed by atoms with E-state index in [4.69, 9.17) is 9.84 Å². The molecule has 1 aromatic heterocycles. The zero-order chi connectivity index (χ0) is 15.1. The number of aromatic nitrogens is 1. The molecule has 1 amide bonds. The third kappa shape index (κ3) is 4.61. The topological polar surface area (TPSA) is 88.5 Å². The number of hydrogen-bond donors (Lipinski definition) is 2. The third-order valence-electron chi connectivity index (χ3n) is 2.69. The Labute approximate surface area is 121 Å². The van der Waals surface area contributed by atoms with Crippen LogP contribution in [0.4, 0.5) is 4.79 Å². The van der Waals surface area contributed by atoms with E-state index >= 15 is 0 Å². The van der Waals surface area contributed by atoms with E-state index in [0.29, 0.717) is 5.56 Å². The fourth-order valence-electron chi connectivity index (χ4n) is 1.65. The molecule has 21 heavy (non-hydrogen) atoms. The predicted molar refractivity (Wildman–Crippen MR) is 74.7 cm³/mol. The minimum atomic E-state index is -1.11. The van der Waals surface area contributed by atoms with Crippen LogP contribution in [0.3, 0.4) is 0 Å². The molecule has 0 fully saturated rings. The van der Waals surface area contributed by atoms with Crippen molar-refractivity contribution in [2.75, 3.05) is 0 Å². The van der Waals surface area contributed by atoms with Crippen molar-refractivity contribution in [2.45, 2.75) is 13.2 Å². The van der Waals surface area contributed by atoms with Gasteiger partial charge in [0.2, 0.25) is 0 Å². The maximum atomic E-state index is 11.5. The molecule has 2 N–H and O–H groups in total. The number of benzene rings is 1. The number of amides is 1. The summed E-state index contributed by atoms with van der Waals surface area (Å²) in [4.78, 5) is 26.0. The van der Waals surface area contributed by atoms with Crippen LogP contribution in [0.2, 0.25) is 0 Å². The first-order chi connectivity index (χ1) is 10.1. The van der Waals surface area contributed by atoms with Gasteiger partial charge in [-0.3, -0.25) is 0 Å². The van der Waals surface area contributed by atoms with Crippen molar-refractivity contribution in [3.63, 3.8) is 0 Å². The highest BCUT2D eigenvalue weighted by atomic mass is 16.5. The highest BCUT2D eigenvalue weighted by Crippen LogP contribution is 2.03. The maximum absolute atomic E-state index is 11.5. The standard InChI is InChI=1S/C15H14N2O4/c18-14(19)13-8-12(6-7-16-13)9-17-15(20)21-10-11-4-2-1-3-5-11/h1-8H,9-10H2,(H,17,20)(H,18,19). The Balaban J connectivity index is 1.81. The van der Waals surface area contributed by atoms with Crippen LogP contribution in [0.5, 0.6) is 0 Å². The zero-order valence-corrected chi connectivity index (χ0v) is 11.2. The van der Waals surface area contributed by atoms with Gasteiger partial charge >= 0.3 is 12.1 Å². The minimum absolute atomic E-state index is 0.0630. The molecule has 0 radical (unpaired) electrons. The third-order valence-corrected chi connectivity index (χ3v) is 2.69. The van der Waals surface area contributed by atoms with Gasteiger partial charge < -0.3 is 15.2 Å². The molecule has 0 bridgehead atoms. The normalized spacial score (nSPS) is 9.90. The molecule has 0 saturated carbocycles. The van der Waals surface area contributed by atoms with Crippen molar-refractivity contribution < 1.29 is 19.4 Å². The van der Waals surface area contributed by atoms with E-state index in [0.717, 1.165) is 5.56 Å². The first-order valence-corrected chi connectivity index (χ1v) is 6.28. The first-order valence-electron chi connectivity index (χ1n) is 6.28. The molecular weight excluding hydrogens is 272 g/mol. The van der Waals surface area contributed by atoms with Crippen LogP contribution < -0.4 is 5.32 Å². The van der Waals surface area contributed by atoms with Gasteiger partial charge in [0.15, 0.2) is 0 Å². The van der Waals surface area contributed by atoms with Crippen LogP contribution >= 0.6 is 0 Å². The van der Waals surface area contributed by atoms with Gasteiger partial charge in [-0.1, -0.05) is 30.3 Å². The number of alkyl carbamates (subject to hydrolysis) is 1. The van der Waals surface area contributed by atoms with E-state index in [9.17, 15) is 9.59 Å². The number of nitrogens with one attached hydrogen (secondary N) is 1. The molecule has 0 aliphatic rings. The lowest BCUT2D eigenvalue weighted by molar-refractivity contribution is 0.0690. The van der Waals surface area contributed by atoms with Crippen LogP contribution in [0.1, 0.15) is 21.6 Å². The number of carboxylic acid groups (broad SMARTS) is 1. The molecular formula is C15H14N2O4. The molecule has 0 aliphatic carbocycles. The van der Waals surface area contributed by atoms with Gasteiger partial charge in [0.25, 0.3) is 0 Å². The smallest absolute Gasteiger partial charge is 0.407 e. The molecule has 2 aromatic rings. The van der Waals surface area contributed by atoms with Crippen molar-refractivity contribution >= 4 is 12.1 Å². The second-order valence-electron chi connectivity index (χ2n) is 4.27. The zero-order valence-electron chi connectivity index (χ0n) is 11.2. The Morgan fingerprint density at radius 2 is 1.90 bits per heavy atom. The van der Waals surface area contributed by atoms with E-state index in [1.54, 1.807) is 6.07 Å². The fourth-order valence-corrected chi connectivity index (χ4v) is 1.65. The van der Waals surface area contributed by atoms with Gasteiger partial charge in [0.05, 0.1) is 0 Å². The van der Waals surface area contributed by atoms with E-state index < -0.39 is 12.1 Å². The molecule has 6 heteroatoms. The number of carbonyl (C=O) groups is 2. The van der Waals surface area contributed by atoms with E-state index in [1.165, 1.54) is 12.3 Å². The molecule has 0 atom stereocenters. The molecule has 108 valence electrons. The molecule has 0 unspecified atom stereocenters. The van der Waals surface area contributed by atoms with E-state index in [1.807, 2.05) is 30.3 Å². The predicted octanol–water partition coefficient (Wildman–Crippen LogP) is 2.21. The number of nitrogens with zero attached hydrogens (tertiary/aromatic N) is 1. The number of carboxylic acids is 1. The number of ether oxygens (including phenoxy) is 1. The number of hydrogen-bond acceptors (Lipinski definition) is 4. The molecule has 6 nitrogen and oxygen atoms in total. The SMILES string of the molecule is O=C(NCc1ccnc(C(=O)O)c1)OCc1ccccc1. The summed E-state index contributed by atoms with van der Waals surface area (Å²) in [5.74, 6) is -1.11. The molecule has 1 heterocycles. The van der Waals surface area contributed by atoms with E-state index in [-0.39, 0.29) is 18.8 Å². The lowest BCUT2D eigenvalue weighted by atomic mass is 10.2. The number of rotatable bonds is 5. The number of aromatic carboxylic acids is 1. The van der Waals surface area contributed by atoms with Crippen LogP contribution in [0.15, 0.2) is 48.7 Å². The average Bonchev–Trinajstić information content (AvgIpc) is 2.52. The fraction of sp³-hybridized carbons (Fsp3) is 0.133. The van der Waals surface area contributed by atoms with Crippen LogP contribution in [-0.4, -0.2) is 22.2 Å². The largest absolute Gasteiger partial charge is 0.477 e. The monoisotopic (exact) mass is 286 g/mol. The van der Waals surface area contributed by atoms with Crippen LogP contribution in [0.25, 0.3) is 0 Å². The van der Waals surface area contributed by atoms with E-state index in [2.05, 4.69) is 10.3 Å². The van der Waals surface area contributed by atoms with Crippen molar-refractivity contribution in [1.82, 2.24) is 10.3 Å². The van der Waals surface area contributed by atoms with Crippen molar-refractivity contribution in [3.05, 3.63) is 65.5 Å². The van der Waals surface area contributed by atoms with Crippen molar-refractivity contribution in [1.29, 1.82) is 0 Å². The quantitative estimate of drug-likeness (QED) is 0.879. The van der Waals surface area contributed by atoms with Gasteiger partial charge in [-0.15, -0.1) is 0 Å². The van der Waals surface area contributed by atoms with Gasteiger partial charge in [0, 0.05) is 12.7 Å². The average molecular weight is 286 g/mol. The summed E-state index contributed by atoms with van der Waals surface area (Å²) in [6.45, 7) is 0.361. The summed E-state index contributed by atoms with van der Waals surface area (Å²) >= 11 is 0.